The molecule has 5 heteroatoms. The van der Waals surface area contributed by atoms with Crippen LogP contribution >= 0.6 is 0 Å². The Labute approximate surface area is 131 Å². The monoisotopic (exact) mass is 299 g/mol. The van der Waals surface area contributed by atoms with E-state index in [4.69, 9.17) is 4.74 Å². The number of amides is 1. The second kappa shape index (κ2) is 7.51. The SMILES string of the molecule is CCNC1=C(/C(C#N)=C/NC(=O)C2CC2)C=CC(OC)=CC1. The van der Waals surface area contributed by atoms with Crippen molar-refractivity contribution in [2.75, 3.05) is 13.7 Å². The highest BCUT2D eigenvalue weighted by Crippen LogP contribution is 2.29. The van der Waals surface area contributed by atoms with Gasteiger partial charge in [-0.2, -0.15) is 5.26 Å². The Bertz CT molecular complexity index is 602. The third kappa shape index (κ3) is 4.01. The van der Waals surface area contributed by atoms with Crippen LogP contribution in [0, 0.1) is 17.2 Å². The molecule has 1 amide bonds. The number of nitrogens with zero attached hydrogens (tertiary/aromatic N) is 1. The standard InChI is InChI=1S/C17H21N3O2/c1-3-19-16-9-7-14(22-2)6-8-15(16)13(10-18)11-20-17(21)12-4-5-12/h6-8,11-12,19H,3-5,9H2,1-2H3,(H,20,21)/b13-11+. The summed E-state index contributed by atoms with van der Waals surface area (Å²) in [6, 6.07) is 2.17. The van der Waals surface area contributed by atoms with E-state index in [1.165, 1.54) is 6.20 Å². The van der Waals surface area contributed by atoms with Gasteiger partial charge in [0.1, 0.15) is 11.8 Å². The highest BCUT2D eigenvalue weighted by molar-refractivity contribution is 5.82. The Morgan fingerprint density at radius 2 is 2.27 bits per heavy atom. The predicted molar refractivity (Wildman–Crippen MR) is 84.1 cm³/mol. The van der Waals surface area contributed by atoms with Crippen molar-refractivity contribution in [3.05, 3.63) is 47.0 Å². The third-order valence-corrected chi connectivity index (χ3v) is 3.59. The summed E-state index contributed by atoms with van der Waals surface area (Å²) in [6.07, 6.45) is 9.66. The summed E-state index contributed by atoms with van der Waals surface area (Å²) >= 11 is 0. The van der Waals surface area contributed by atoms with Crippen molar-refractivity contribution in [2.45, 2.75) is 26.2 Å². The van der Waals surface area contributed by atoms with Crippen LogP contribution in [0.2, 0.25) is 0 Å². The fraction of sp³-hybridized carbons (Fsp3) is 0.412. The molecule has 2 N–H and O–H groups in total. The van der Waals surface area contributed by atoms with Gasteiger partial charge in [-0.25, -0.2) is 0 Å². The number of hydrogen-bond acceptors (Lipinski definition) is 4. The molecule has 1 saturated carbocycles. The van der Waals surface area contributed by atoms with Crippen LogP contribution in [0.4, 0.5) is 0 Å². The van der Waals surface area contributed by atoms with Crippen LogP contribution in [0.3, 0.4) is 0 Å². The first-order chi connectivity index (χ1) is 10.7. The molecule has 0 aliphatic heterocycles. The van der Waals surface area contributed by atoms with Crippen LogP contribution in [-0.2, 0) is 9.53 Å². The molecule has 0 radical (unpaired) electrons. The second-order valence-corrected chi connectivity index (χ2v) is 5.22. The van der Waals surface area contributed by atoms with Gasteiger partial charge in [-0.15, -0.1) is 0 Å². The third-order valence-electron chi connectivity index (χ3n) is 3.59. The molecule has 0 aromatic heterocycles. The lowest BCUT2D eigenvalue weighted by Gasteiger charge is -2.11. The maximum atomic E-state index is 11.7. The number of rotatable bonds is 6. The largest absolute Gasteiger partial charge is 0.497 e. The van der Waals surface area contributed by atoms with Gasteiger partial charge in [-0.3, -0.25) is 4.79 Å². The maximum absolute atomic E-state index is 11.7. The molecule has 116 valence electrons. The van der Waals surface area contributed by atoms with Gasteiger partial charge in [-0.05, 0) is 38.0 Å². The topological polar surface area (TPSA) is 74.2 Å². The number of carbonyl (C=O) groups excluding carboxylic acids is 1. The predicted octanol–water partition coefficient (Wildman–Crippen LogP) is 2.27. The Morgan fingerprint density at radius 1 is 1.50 bits per heavy atom. The summed E-state index contributed by atoms with van der Waals surface area (Å²) in [6.45, 7) is 2.76. The highest BCUT2D eigenvalue weighted by Gasteiger charge is 2.29. The van der Waals surface area contributed by atoms with E-state index in [0.717, 1.165) is 36.4 Å². The highest BCUT2D eigenvalue weighted by atomic mass is 16.5. The number of methoxy groups -OCH3 is 1. The lowest BCUT2D eigenvalue weighted by molar-refractivity contribution is -0.121. The normalized spacial score (nSPS) is 18.2. The van der Waals surface area contributed by atoms with Crippen molar-refractivity contribution >= 4 is 5.91 Å². The molecule has 2 aliphatic rings. The quantitative estimate of drug-likeness (QED) is 0.738. The number of nitrogens with one attached hydrogen (secondary N) is 2. The van der Waals surface area contributed by atoms with Gasteiger partial charge in [0.2, 0.25) is 5.91 Å². The van der Waals surface area contributed by atoms with Gasteiger partial charge in [-0.1, -0.05) is 0 Å². The van der Waals surface area contributed by atoms with Crippen LogP contribution in [-0.4, -0.2) is 19.6 Å². The molecule has 22 heavy (non-hydrogen) atoms. The zero-order chi connectivity index (χ0) is 15.9. The minimum atomic E-state index is -0.00772. The van der Waals surface area contributed by atoms with Crippen LogP contribution in [0.5, 0.6) is 0 Å². The van der Waals surface area contributed by atoms with Crippen molar-refractivity contribution < 1.29 is 9.53 Å². The van der Waals surface area contributed by atoms with Gasteiger partial charge in [0, 0.05) is 36.4 Å². The van der Waals surface area contributed by atoms with Crippen molar-refractivity contribution in [3.8, 4) is 6.07 Å². The molecule has 0 atom stereocenters. The van der Waals surface area contributed by atoms with Gasteiger partial charge in [0.05, 0.1) is 12.7 Å². The first kappa shape index (κ1) is 15.9. The fourth-order valence-electron chi connectivity index (χ4n) is 2.21. The van der Waals surface area contributed by atoms with E-state index in [2.05, 4.69) is 16.7 Å². The lowest BCUT2D eigenvalue weighted by atomic mass is 10.0. The van der Waals surface area contributed by atoms with E-state index < -0.39 is 0 Å². The van der Waals surface area contributed by atoms with Crippen molar-refractivity contribution in [2.24, 2.45) is 5.92 Å². The van der Waals surface area contributed by atoms with Crippen LogP contribution < -0.4 is 10.6 Å². The fourth-order valence-corrected chi connectivity index (χ4v) is 2.21. The van der Waals surface area contributed by atoms with Gasteiger partial charge < -0.3 is 15.4 Å². The molecule has 0 spiro atoms. The van der Waals surface area contributed by atoms with Crippen LogP contribution in [0.15, 0.2) is 47.0 Å². The molecule has 0 aromatic rings. The number of allylic oxidation sites excluding steroid dienone is 5. The van der Waals surface area contributed by atoms with Crippen LogP contribution in [0.1, 0.15) is 26.2 Å². The zero-order valence-corrected chi connectivity index (χ0v) is 13.0. The molecular formula is C17H21N3O2. The van der Waals surface area contributed by atoms with E-state index in [1.807, 2.05) is 25.2 Å². The van der Waals surface area contributed by atoms with Crippen molar-refractivity contribution in [3.63, 3.8) is 0 Å². The smallest absolute Gasteiger partial charge is 0.227 e. The summed E-state index contributed by atoms with van der Waals surface area (Å²) < 4.78 is 5.24. The zero-order valence-electron chi connectivity index (χ0n) is 13.0. The van der Waals surface area contributed by atoms with Crippen molar-refractivity contribution in [1.29, 1.82) is 5.26 Å². The molecular weight excluding hydrogens is 278 g/mol. The summed E-state index contributed by atoms with van der Waals surface area (Å²) in [5, 5.41) is 15.4. The molecule has 0 saturated heterocycles. The molecule has 5 nitrogen and oxygen atoms in total. The molecule has 0 heterocycles. The number of nitriles is 1. The van der Waals surface area contributed by atoms with Gasteiger partial charge in [0.25, 0.3) is 0 Å². The van der Waals surface area contributed by atoms with Crippen molar-refractivity contribution in [1.82, 2.24) is 10.6 Å². The van der Waals surface area contributed by atoms with Crippen LogP contribution in [0.25, 0.3) is 0 Å². The molecule has 1 fully saturated rings. The minimum absolute atomic E-state index is 0.00772. The summed E-state index contributed by atoms with van der Waals surface area (Å²) in [4.78, 5) is 11.7. The number of carbonyl (C=O) groups is 1. The average molecular weight is 299 g/mol. The summed E-state index contributed by atoms with van der Waals surface area (Å²) in [7, 11) is 1.62. The van der Waals surface area contributed by atoms with Gasteiger partial charge in [0.15, 0.2) is 0 Å². The Balaban J connectivity index is 2.24. The Kier molecular flexibility index (Phi) is 5.42. The summed E-state index contributed by atoms with van der Waals surface area (Å²) in [5.41, 5.74) is 2.16. The van der Waals surface area contributed by atoms with Gasteiger partial charge >= 0.3 is 0 Å². The first-order valence-electron chi connectivity index (χ1n) is 7.49. The lowest BCUT2D eigenvalue weighted by Crippen LogP contribution is -2.20. The van der Waals surface area contributed by atoms with E-state index in [1.54, 1.807) is 7.11 Å². The van der Waals surface area contributed by atoms with E-state index in [9.17, 15) is 10.1 Å². The first-order valence-corrected chi connectivity index (χ1v) is 7.49. The molecule has 0 aromatic carbocycles. The molecule has 2 aliphatic carbocycles. The molecule has 0 unspecified atom stereocenters. The van der Waals surface area contributed by atoms with E-state index in [0.29, 0.717) is 12.0 Å². The Morgan fingerprint density at radius 3 is 2.86 bits per heavy atom. The van der Waals surface area contributed by atoms with E-state index in [-0.39, 0.29) is 11.8 Å². The summed E-state index contributed by atoms with van der Waals surface area (Å²) in [5.74, 6) is 0.862. The second-order valence-electron chi connectivity index (χ2n) is 5.22. The van der Waals surface area contributed by atoms with E-state index >= 15 is 0 Å². The Hall–Kier alpha value is -2.48. The average Bonchev–Trinajstić information content (AvgIpc) is 3.36. The number of hydrogen-bond donors (Lipinski definition) is 2. The molecule has 2 rings (SSSR count). The molecule has 0 bridgehead atoms. The maximum Gasteiger partial charge on any atom is 0.227 e. The number of ether oxygens (including phenoxy) is 1. The minimum Gasteiger partial charge on any atom is -0.497 e.